The lowest BCUT2D eigenvalue weighted by Crippen LogP contribution is -2.51. The van der Waals surface area contributed by atoms with E-state index in [0.29, 0.717) is 29.6 Å². The summed E-state index contributed by atoms with van der Waals surface area (Å²) in [5.41, 5.74) is 2.67. The summed E-state index contributed by atoms with van der Waals surface area (Å²) in [6.45, 7) is 2.70. The lowest BCUT2D eigenvalue weighted by molar-refractivity contribution is 0.0875. The van der Waals surface area contributed by atoms with E-state index in [2.05, 4.69) is 26.2 Å². The van der Waals surface area contributed by atoms with Gasteiger partial charge in [-0.1, -0.05) is 18.2 Å². The van der Waals surface area contributed by atoms with Crippen LogP contribution in [0, 0.1) is 11.5 Å². The predicted octanol–water partition coefficient (Wildman–Crippen LogP) is 2.92. The van der Waals surface area contributed by atoms with E-state index >= 15 is 0 Å². The van der Waals surface area contributed by atoms with Gasteiger partial charge >= 0.3 is 0 Å². The number of nitrogens with zero attached hydrogens (tertiary/aromatic N) is 4. The first-order valence-electron chi connectivity index (χ1n) is 10.7. The molecule has 0 bridgehead atoms. The summed E-state index contributed by atoms with van der Waals surface area (Å²) in [5.74, 6) is 1.83. The molecule has 0 saturated carbocycles. The van der Waals surface area contributed by atoms with Gasteiger partial charge in [0.1, 0.15) is 0 Å². The second kappa shape index (κ2) is 9.71. The number of ether oxygens (including phenoxy) is 2. The molecule has 2 aromatic carbocycles. The Bertz CT molecular complexity index is 1050. The van der Waals surface area contributed by atoms with E-state index in [1.54, 1.807) is 32.4 Å². The molecule has 2 heterocycles. The fourth-order valence-electron chi connectivity index (χ4n) is 4.34. The van der Waals surface area contributed by atoms with Crippen LogP contribution in [0.2, 0.25) is 0 Å². The molecule has 2 aliphatic rings. The van der Waals surface area contributed by atoms with E-state index in [-0.39, 0.29) is 11.8 Å². The fourth-order valence-corrected chi connectivity index (χ4v) is 4.34. The number of benzene rings is 2. The number of para-hydroxylation sites is 1. The summed E-state index contributed by atoms with van der Waals surface area (Å²) < 4.78 is 10.6. The van der Waals surface area contributed by atoms with E-state index in [1.807, 2.05) is 24.4 Å². The van der Waals surface area contributed by atoms with Crippen LogP contribution in [0.1, 0.15) is 28.8 Å². The molecule has 0 unspecified atom stereocenters. The van der Waals surface area contributed by atoms with Gasteiger partial charge in [0, 0.05) is 31.2 Å². The third-order valence-corrected chi connectivity index (χ3v) is 6.07. The number of Topliss-reactive ketones (excluding diaryl/α,β-unsaturated/α-hetero) is 1. The summed E-state index contributed by atoms with van der Waals surface area (Å²) in [5, 5.41) is 11.9. The van der Waals surface area contributed by atoms with Gasteiger partial charge < -0.3 is 14.4 Å². The molecule has 32 heavy (non-hydrogen) atoms. The Hall–Kier alpha value is -3.57. The third kappa shape index (κ3) is 4.53. The van der Waals surface area contributed by atoms with Gasteiger partial charge in [0.2, 0.25) is 5.96 Å². The lowest BCUT2D eigenvalue weighted by atomic mass is 10.0. The number of carbonyl (C=O) groups is 1. The van der Waals surface area contributed by atoms with Crippen molar-refractivity contribution >= 4 is 17.4 Å². The molecule has 4 rings (SSSR count). The maximum Gasteiger partial charge on any atom is 0.213 e. The van der Waals surface area contributed by atoms with Crippen LogP contribution in [-0.2, 0) is 6.54 Å². The number of methoxy groups -OCH3 is 2. The Morgan fingerprint density at radius 2 is 1.91 bits per heavy atom. The number of carbonyl (C=O) groups excluding carboxylic acids is 1. The molecule has 0 amide bonds. The number of nitrogens with one attached hydrogen (secondary N) is 1. The number of nitriles is 1. The first kappa shape index (κ1) is 21.7. The number of ketones is 1. The van der Waals surface area contributed by atoms with Crippen molar-refractivity contribution < 1.29 is 14.3 Å². The number of likely N-dealkylation sites (tertiary alicyclic amines) is 1. The molecule has 0 aromatic heterocycles. The number of hydrogen-bond donors (Lipinski definition) is 1. The van der Waals surface area contributed by atoms with Crippen LogP contribution in [0.3, 0.4) is 0 Å². The Morgan fingerprint density at radius 1 is 1.16 bits per heavy atom. The maximum atomic E-state index is 12.8. The van der Waals surface area contributed by atoms with Crippen molar-refractivity contribution in [3.63, 3.8) is 0 Å². The third-order valence-electron chi connectivity index (χ3n) is 6.07. The Balaban J connectivity index is 1.38. The molecule has 2 aliphatic heterocycles. The highest BCUT2D eigenvalue weighted by atomic mass is 16.5. The largest absolute Gasteiger partial charge is 0.493 e. The zero-order valence-electron chi connectivity index (χ0n) is 18.4. The van der Waals surface area contributed by atoms with E-state index in [0.717, 1.165) is 43.7 Å². The molecule has 0 radical (unpaired) electrons. The monoisotopic (exact) mass is 433 g/mol. The Kier molecular flexibility index (Phi) is 6.57. The number of aliphatic imine (C=N–C) groups is 1. The average molecular weight is 434 g/mol. The molecular formula is C24H27N5O3. The van der Waals surface area contributed by atoms with Crippen molar-refractivity contribution in [2.45, 2.75) is 25.4 Å². The molecule has 0 aliphatic carbocycles. The van der Waals surface area contributed by atoms with Crippen LogP contribution in [0.5, 0.6) is 11.5 Å². The van der Waals surface area contributed by atoms with Gasteiger partial charge in [0.25, 0.3) is 0 Å². The highest BCUT2D eigenvalue weighted by Gasteiger charge is 2.30. The standard InChI is InChI=1S/C24H27N5O3/c1-31-22-8-7-17(13-23(22)32-2)21(30)15-28-11-9-19(10-12-28)29-14-18-5-3-4-6-20(18)27-24(29)26-16-25/h3-8,13,19H,9-12,14-15H2,1-2H3,(H,26,27). The zero-order chi connectivity index (χ0) is 22.5. The Labute approximate surface area is 188 Å². The molecule has 0 spiro atoms. The first-order valence-corrected chi connectivity index (χ1v) is 10.7. The number of guanidine groups is 1. The summed E-state index contributed by atoms with van der Waals surface area (Å²) in [6.07, 6.45) is 3.80. The van der Waals surface area contributed by atoms with Crippen molar-refractivity contribution in [3.05, 3.63) is 53.6 Å². The topological polar surface area (TPSA) is 90.2 Å². The van der Waals surface area contributed by atoms with Crippen LogP contribution >= 0.6 is 0 Å². The highest BCUT2D eigenvalue weighted by Crippen LogP contribution is 2.30. The second-order valence-electron chi connectivity index (χ2n) is 7.93. The van der Waals surface area contributed by atoms with E-state index in [9.17, 15) is 10.1 Å². The van der Waals surface area contributed by atoms with Crippen molar-refractivity contribution in [1.82, 2.24) is 15.1 Å². The summed E-state index contributed by atoms with van der Waals surface area (Å²) >= 11 is 0. The normalized spacial score (nSPS) is 16.5. The molecular weight excluding hydrogens is 406 g/mol. The van der Waals surface area contributed by atoms with Gasteiger partial charge in [-0.15, -0.1) is 0 Å². The minimum Gasteiger partial charge on any atom is -0.493 e. The van der Waals surface area contributed by atoms with Crippen molar-refractivity contribution in [1.29, 1.82) is 5.26 Å². The molecule has 1 saturated heterocycles. The lowest BCUT2D eigenvalue weighted by Gasteiger charge is -2.40. The SMILES string of the molecule is COc1ccc(C(=O)CN2CCC(N3Cc4ccccc4N=C3NC#N)CC2)cc1OC. The minimum atomic E-state index is 0.0599. The number of hydrogen-bond acceptors (Lipinski definition) is 8. The highest BCUT2D eigenvalue weighted by molar-refractivity contribution is 5.98. The van der Waals surface area contributed by atoms with Crippen LogP contribution in [0.15, 0.2) is 47.5 Å². The van der Waals surface area contributed by atoms with E-state index in [4.69, 9.17) is 9.47 Å². The van der Waals surface area contributed by atoms with Crippen LogP contribution in [0.4, 0.5) is 5.69 Å². The summed E-state index contributed by atoms with van der Waals surface area (Å²) in [6, 6.07) is 13.5. The Morgan fingerprint density at radius 3 is 2.62 bits per heavy atom. The van der Waals surface area contributed by atoms with E-state index < -0.39 is 0 Å². The first-order chi connectivity index (χ1) is 15.6. The van der Waals surface area contributed by atoms with Gasteiger partial charge in [-0.2, -0.15) is 5.26 Å². The average Bonchev–Trinajstić information content (AvgIpc) is 2.84. The van der Waals surface area contributed by atoms with Gasteiger partial charge in [0.15, 0.2) is 23.5 Å². The smallest absolute Gasteiger partial charge is 0.213 e. The molecule has 1 fully saturated rings. The van der Waals surface area contributed by atoms with Crippen LogP contribution < -0.4 is 14.8 Å². The number of fused-ring (bicyclic) bond motifs is 1. The van der Waals surface area contributed by atoms with E-state index in [1.165, 1.54) is 0 Å². The predicted molar refractivity (Wildman–Crippen MR) is 121 cm³/mol. The maximum absolute atomic E-state index is 12.8. The van der Waals surface area contributed by atoms with Crippen molar-refractivity contribution in [3.8, 4) is 17.7 Å². The molecule has 0 atom stereocenters. The quantitative estimate of drug-likeness (QED) is 0.426. The fraction of sp³-hybridized carbons (Fsp3) is 0.375. The van der Waals surface area contributed by atoms with Crippen LogP contribution in [0.25, 0.3) is 0 Å². The second-order valence-corrected chi connectivity index (χ2v) is 7.93. The number of piperidine rings is 1. The van der Waals surface area contributed by atoms with Gasteiger partial charge in [-0.3, -0.25) is 15.0 Å². The van der Waals surface area contributed by atoms with Crippen molar-refractivity contribution in [2.24, 2.45) is 4.99 Å². The minimum absolute atomic E-state index is 0.0599. The summed E-state index contributed by atoms with van der Waals surface area (Å²) in [4.78, 5) is 21.8. The molecule has 8 nitrogen and oxygen atoms in total. The number of rotatable bonds is 6. The zero-order valence-corrected chi connectivity index (χ0v) is 18.4. The summed E-state index contributed by atoms with van der Waals surface area (Å²) in [7, 11) is 3.14. The molecule has 8 heteroatoms. The molecule has 166 valence electrons. The van der Waals surface area contributed by atoms with Gasteiger partial charge in [0.05, 0.1) is 26.5 Å². The van der Waals surface area contributed by atoms with Gasteiger partial charge in [-0.05, 0) is 42.7 Å². The molecule has 2 aromatic rings. The van der Waals surface area contributed by atoms with Crippen LogP contribution in [-0.4, -0.2) is 61.4 Å². The van der Waals surface area contributed by atoms with Crippen molar-refractivity contribution in [2.75, 3.05) is 33.9 Å². The molecule has 1 N–H and O–H groups in total. The van der Waals surface area contributed by atoms with Gasteiger partial charge in [-0.25, -0.2) is 4.99 Å².